The molecule has 1 saturated carbocycles. The fourth-order valence-corrected chi connectivity index (χ4v) is 3.51. The van der Waals surface area contributed by atoms with Crippen LogP contribution < -0.4 is 0 Å². The Kier molecular flexibility index (Phi) is 1.86. The Bertz CT molecular complexity index is 614. The van der Waals surface area contributed by atoms with Crippen molar-refractivity contribution < 1.29 is 5.11 Å². The average Bonchev–Trinajstić information content (AvgIpc) is 2.92. The summed E-state index contributed by atoms with van der Waals surface area (Å²) in [6.07, 6.45) is 5.81. The number of aromatic nitrogens is 2. The third kappa shape index (κ3) is 1.15. The SMILES string of the molecule is C[C@@]1(O)CC[C@@H]1[C@H]1c2ccccc2-c2cncn21. The van der Waals surface area contributed by atoms with Gasteiger partial charge in [0.05, 0.1) is 29.9 Å². The molecular formula is C15H16N2O. The van der Waals surface area contributed by atoms with Crippen LogP contribution in [0.5, 0.6) is 0 Å². The first kappa shape index (κ1) is 10.3. The molecule has 1 N–H and O–H groups in total. The summed E-state index contributed by atoms with van der Waals surface area (Å²) in [7, 11) is 0. The molecule has 3 atom stereocenters. The van der Waals surface area contributed by atoms with Crippen LogP contribution in [0.3, 0.4) is 0 Å². The lowest BCUT2D eigenvalue weighted by molar-refractivity contribution is -0.0924. The molecule has 0 radical (unpaired) electrons. The van der Waals surface area contributed by atoms with Crippen molar-refractivity contribution in [1.29, 1.82) is 0 Å². The minimum Gasteiger partial charge on any atom is -0.390 e. The van der Waals surface area contributed by atoms with E-state index in [4.69, 9.17) is 0 Å². The summed E-state index contributed by atoms with van der Waals surface area (Å²) in [6.45, 7) is 1.96. The normalized spacial score (nSPS) is 32.8. The highest BCUT2D eigenvalue weighted by Crippen LogP contribution is 2.52. The largest absolute Gasteiger partial charge is 0.390 e. The number of rotatable bonds is 1. The van der Waals surface area contributed by atoms with Crippen molar-refractivity contribution in [3.8, 4) is 11.3 Å². The van der Waals surface area contributed by atoms with Crippen LogP contribution in [-0.2, 0) is 0 Å². The van der Waals surface area contributed by atoms with Gasteiger partial charge >= 0.3 is 0 Å². The lowest BCUT2D eigenvalue weighted by atomic mass is 9.65. The molecule has 1 aliphatic heterocycles. The maximum Gasteiger partial charge on any atom is 0.0956 e. The highest BCUT2D eigenvalue weighted by atomic mass is 16.3. The fraction of sp³-hybridized carbons (Fsp3) is 0.400. The van der Waals surface area contributed by atoms with Gasteiger partial charge in [0.2, 0.25) is 0 Å². The summed E-state index contributed by atoms with van der Waals surface area (Å²) >= 11 is 0. The van der Waals surface area contributed by atoms with Gasteiger partial charge in [-0.25, -0.2) is 4.98 Å². The van der Waals surface area contributed by atoms with Crippen molar-refractivity contribution in [2.75, 3.05) is 0 Å². The van der Waals surface area contributed by atoms with Crippen molar-refractivity contribution in [3.63, 3.8) is 0 Å². The molecule has 1 aromatic heterocycles. The molecule has 0 bridgehead atoms. The second-order valence-electron chi connectivity index (χ2n) is 5.72. The highest BCUT2D eigenvalue weighted by molar-refractivity contribution is 5.69. The molecule has 0 saturated heterocycles. The van der Waals surface area contributed by atoms with E-state index in [0.29, 0.717) is 5.92 Å². The minimum atomic E-state index is -0.538. The number of hydrogen-bond acceptors (Lipinski definition) is 2. The summed E-state index contributed by atoms with van der Waals surface area (Å²) in [4.78, 5) is 4.26. The van der Waals surface area contributed by atoms with Gasteiger partial charge in [-0.05, 0) is 25.3 Å². The van der Waals surface area contributed by atoms with Gasteiger partial charge in [-0.2, -0.15) is 0 Å². The van der Waals surface area contributed by atoms with E-state index in [9.17, 15) is 5.11 Å². The summed E-state index contributed by atoms with van der Waals surface area (Å²) in [5.41, 5.74) is 3.24. The molecule has 1 aromatic carbocycles. The Morgan fingerprint density at radius 2 is 2.22 bits per heavy atom. The van der Waals surface area contributed by atoms with E-state index in [1.54, 1.807) is 0 Å². The Labute approximate surface area is 106 Å². The highest BCUT2D eigenvalue weighted by Gasteiger charge is 2.49. The van der Waals surface area contributed by atoms with Crippen LogP contribution in [0.25, 0.3) is 11.3 Å². The van der Waals surface area contributed by atoms with Crippen molar-refractivity contribution in [2.24, 2.45) is 5.92 Å². The smallest absolute Gasteiger partial charge is 0.0956 e. The average molecular weight is 240 g/mol. The van der Waals surface area contributed by atoms with Crippen LogP contribution in [0.15, 0.2) is 36.8 Å². The van der Waals surface area contributed by atoms with E-state index in [1.165, 1.54) is 16.8 Å². The third-order valence-electron chi connectivity index (χ3n) is 4.66. The Morgan fingerprint density at radius 3 is 2.94 bits per heavy atom. The van der Waals surface area contributed by atoms with E-state index in [1.807, 2.05) is 19.4 Å². The number of aliphatic hydroxyl groups is 1. The van der Waals surface area contributed by atoms with Crippen molar-refractivity contribution in [2.45, 2.75) is 31.4 Å². The molecule has 2 aromatic rings. The molecule has 3 nitrogen and oxygen atoms in total. The van der Waals surface area contributed by atoms with Gasteiger partial charge in [-0.1, -0.05) is 24.3 Å². The zero-order chi connectivity index (χ0) is 12.3. The number of benzene rings is 1. The van der Waals surface area contributed by atoms with E-state index in [0.717, 1.165) is 12.8 Å². The Balaban J connectivity index is 1.90. The first-order valence-corrected chi connectivity index (χ1v) is 6.52. The van der Waals surface area contributed by atoms with Crippen LogP contribution in [0.4, 0.5) is 0 Å². The third-order valence-corrected chi connectivity index (χ3v) is 4.66. The van der Waals surface area contributed by atoms with Crippen molar-refractivity contribution >= 4 is 0 Å². The number of fused-ring (bicyclic) bond motifs is 3. The predicted molar refractivity (Wildman–Crippen MR) is 69.1 cm³/mol. The minimum absolute atomic E-state index is 0.252. The number of nitrogens with zero attached hydrogens (tertiary/aromatic N) is 2. The first-order chi connectivity index (χ1) is 8.68. The van der Waals surface area contributed by atoms with Crippen LogP contribution in [0.2, 0.25) is 0 Å². The molecule has 0 spiro atoms. The number of hydrogen-bond donors (Lipinski definition) is 1. The van der Waals surface area contributed by atoms with E-state index < -0.39 is 5.60 Å². The molecule has 0 unspecified atom stereocenters. The summed E-state index contributed by atoms with van der Waals surface area (Å²) in [6, 6.07) is 8.73. The molecule has 92 valence electrons. The first-order valence-electron chi connectivity index (χ1n) is 6.52. The van der Waals surface area contributed by atoms with Crippen LogP contribution in [-0.4, -0.2) is 20.3 Å². The fourth-order valence-electron chi connectivity index (χ4n) is 3.51. The van der Waals surface area contributed by atoms with Gasteiger partial charge in [0.15, 0.2) is 0 Å². The molecule has 3 heteroatoms. The maximum absolute atomic E-state index is 10.4. The second-order valence-corrected chi connectivity index (χ2v) is 5.72. The predicted octanol–water partition coefficient (Wildman–Crippen LogP) is 2.61. The molecule has 4 rings (SSSR count). The molecular weight excluding hydrogens is 224 g/mol. The Hall–Kier alpha value is -1.61. The van der Waals surface area contributed by atoms with E-state index in [-0.39, 0.29) is 6.04 Å². The molecule has 2 heterocycles. The van der Waals surface area contributed by atoms with E-state index in [2.05, 4.69) is 33.8 Å². The summed E-state index contributed by atoms with van der Waals surface area (Å²) in [5.74, 6) is 0.300. The van der Waals surface area contributed by atoms with Gasteiger partial charge in [0, 0.05) is 11.5 Å². The van der Waals surface area contributed by atoms with Gasteiger partial charge in [0.1, 0.15) is 0 Å². The standard InChI is InChI=1S/C15H16N2O/c1-15(18)7-6-12(15)14-11-5-3-2-4-10(11)13-8-16-9-17(13)14/h2-5,8-9,12,14,18H,6-7H2,1H3/t12-,14-,15-/m1/s1. The molecule has 2 aliphatic rings. The van der Waals surface area contributed by atoms with Gasteiger partial charge in [-0.15, -0.1) is 0 Å². The van der Waals surface area contributed by atoms with Crippen LogP contribution in [0.1, 0.15) is 31.4 Å². The molecule has 1 aliphatic carbocycles. The lowest BCUT2D eigenvalue weighted by Crippen LogP contribution is -2.48. The van der Waals surface area contributed by atoms with Gasteiger partial charge < -0.3 is 9.67 Å². The quantitative estimate of drug-likeness (QED) is 0.832. The summed E-state index contributed by atoms with van der Waals surface area (Å²) < 4.78 is 2.23. The lowest BCUT2D eigenvalue weighted by Gasteiger charge is -2.46. The van der Waals surface area contributed by atoms with Gasteiger partial charge in [0.25, 0.3) is 0 Å². The van der Waals surface area contributed by atoms with Crippen LogP contribution in [0, 0.1) is 5.92 Å². The zero-order valence-corrected chi connectivity index (χ0v) is 10.4. The van der Waals surface area contributed by atoms with Crippen molar-refractivity contribution in [3.05, 3.63) is 42.4 Å². The van der Waals surface area contributed by atoms with Crippen LogP contribution >= 0.6 is 0 Å². The second kappa shape index (κ2) is 3.23. The number of imidazole rings is 1. The topological polar surface area (TPSA) is 38.1 Å². The van der Waals surface area contributed by atoms with Gasteiger partial charge in [-0.3, -0.25) is 0 Å². The monoisotopic (exact) mass is 240 g/mol. The molecule has 1 fully saturated rings. The Morgan fingerprint density at radius 1 is 1.39 bits per heavy atom. The van der Waals surface area contributed by atoms with E-state index >= 15 is 0 Å². The molecule has 0 amide bonds. The molecule has 18 heavy (non-hydrogen) atoms. The maximum atomic E-state index is 10.4. The summed E-state index contributed by atoms with van der Waals surface area (Å²) in [5, 5.41) is 10.4. The van der Waals surface area contributed by atoms with Crippen molar-refractivity contribution in [1.82, 2.24) is 9.55 Å². The zero-order valence-electron chi connectivity index (χ0n) is 10.4.